The molecule has 2 aromatic rings. The molecular weight excluding hydrogens is 414 g/mol. The van der Waals surface area contributed by atoms with Crippen LogP contribution in [0.1, 0.15) is 22.0 Å². The van der Waals surface area contributed by atoms with Crippen molar-refractivity contribution in [2.75, 3.05) is 26.7 Å². The predicted octanol–water partition coefficient (Wildman–Crippen LogP) is 2.51. The van der Waals surface area contributed by atoms with Crippen LogP contribution in [-0.4, -0.2) is 45.4 Å². The third-order valence-electron chi connectivity index (χ3n) is 4.36. The molecule has 6 nitrogen and oxygen atoms in total. The molecule has 1 aliphatic heterocycles. The molecule has 0 bridgehead atoms. The Morgan fingerprint density at radius 1 is 1.18 bits per heavy atom. The number of piperazine rings is 1. The third-order valence-corrected chi connectivity index (χ3v) is 6.31. The Labute approximate surface area is 168 Å². The maximum Gasteiger partial charge on any atom is 0.339 e. The minimum atomic E-state index is -4.25. The number of sulfonamides is 1. The number of nitrogens with zero attached hydrogens (tertiary/aromatic N) is 1. The largest absolute Gasteiger partial charge is 0.465 e. The van der Waals surface area contributed by atoms with Crippen molar-refractivity contribution in [1.82, 2.24) is 9.62 Å². The number of halogens is 3. The molecule has 28 heavy (non-hydrogen) atoms. The van der Waals surface area contributed by atoms with E-state index < -0.39 is 38.6 Å². The summed E-state index contributed by atoms with van der Waals surface area (Å²) in [6.07, 6.45) is 0. The molecule has 0 saturated carbocycles. The minimum absolute atomic E-state index is 0. The van der Waals surface area contributed by atoms with Crippen LogP contribution in [-0.2, 0) is 14.8 Å². The van der Waals surface area contributed by atoms with Crippen molar-refractivity contribution in [2.45, 2.75) is 10.9 Å². The van der Waals surface area contributed by atoms with Gasteiger partial charge in [0.15, 0.2) is 0 Å². The summed E-state index contributed by atoms with van der Waals surface area (Å²) in [5.41, 5.74) is 0.206. The smallest absolute Gasteiger partial charge is 0.339 e. The summed E-state index contributed by atoms with van der Waals surface area (Å²) in [5, 5.41) is 3.07. The summed E-state index contributed by atoms with van der Waals surface area (Å²) in [6, 6.07) is 7.80. The second-order valence-electron chi connectivity index (χ2n) is 6.02. The molecule has 1 heterocycles. The predicted molar refractivity (Wildman–Crippen MR) is 101 cm³/mol. The van der Waals surface area contributed by atoms with E-state index in [0.29, 0.717) is 12.1 Å². The highest BCUT2D eigenvalue weighted by Gasteiger charge is 2.37. The summed E-state index contributed by atoms with van der Waals surface area (Å²) in [5.74, 6) is -2.17. The monoisotopic (exact) mass is 432 g/mol. The van der Waals surface area contributed by atoms with Crippen molar-refractivity contribution in [3.05, 3.63) is 65.2 Å². The van der Waals surface area contributed by atoms with Gasteiger partial charge in [-0.3, -0.25) is 0 Å². The Bertz CT molecular complexity index is 972. The summed E-state index contributed by atoms with van der Waals surface area (Å²) < 4.78 is 59.8. The van der Waals surface area contributed by atoms with Gasteiger partial charge in [0.05, 0.1) is 23.6 Å². The van der Waals surface area contributed by atoms with Gasteiger partial charge in [-0.1, -0.05) is 12.1 Å². The zero-order valence-corrected chi connectivity index (χ0v) is 16.5. The lowest BCUT2D eigenvalue weighted by atomic mass is 10.1. The van der Waals surface area contributed by atoms with Crippen LogP contribution in [0.4, 0.5) is 8.78 Å². The van der Waals surface area contributed by atoms with E-state index >= 15 is 0 Å². The van der Waals surface area contributed by atoms with E-state index in [9.17, 15) is 22.0 Å². The Kier molecular flexibility index (Phi) is 7.11. The van der Waals surface area contributed by atoms with E-state index in [0.717, 1.165) is 29.6 Å². The topological polar surface area (TPSA) is 75.7 Å². The summed E-state index contributed by atoms with van der Waals surface area (Å²) in [4.78, 5) is 11.5. The Balaban J connectivity index is 0.00000280. The number of carbonyl (C=O) groups excluding carboxylic acids is 1. The van der Waals surface area contributed by atoms with Crippen LogP contribution < -0.4 is 5.32 Å². The highest BCUT2D eigenvalue weighted by molar-refractivity contribution is 7.89. The van der Waals surface area contributed by atoms with Gasteiger partial charge in [0.25, 0.3) is 0 Å². The van der Waals surface area contributed by atoms with Crippen molar-refractivity contribution in [3.63, 3.8) is 0 Å². The minimum Gasteiger partial charge on any atom is -0.465 e. The molecule has 3 rings (SSSR count). The highest BCUT2D eigenvalue weighted by atomic mass is 35.5. The van der Waals surface area contributed by atoms with E-state index in [1.54, 1.807) is 6.07 Å². The first kappa shape index (κ1) is 22.2. The number of nitrogens with one attached hydrogen (secondary N) is 1. The molecule has 0 spiro atoms. The van der Waals surface area contributed by atoms with E-state index in [1.165, 1.54) is 18.2 Å². The molecule has 0 aliphatic carbocycles. The van der Waals surface area contributed by atoms with Crippen LogP contribution in [0.3, 0.4) is 0 Å². The molecule has 0 radical (unpaired) electrons. The number of ether oxygens (including phenoxy) is 1. The molecule has 0 amide bonds. The van der Waals surface area contributed by atoms with Gasteiger partial charge in [-0.2, -0.15) is 4.31 Å². The van der Waals surface area contributed by atoms with Gasteiger partial charge in [0, 0.05) is 19.6 Å². The van der Waals surface area contributed by atoms with Crippen LogP contribution >= 0.6 is 12.4 Å². The molecule has 1 saturated heterocycles. The van der Waals surface area contributed by atoms with Crippen LogP contribution in [0.5, 0.6) is 0 Å². The fourth-order valence-electron chi connectivity index (χ4n) is 3.09. The zero-order chi connectivity index (χ0) is 19.6. The number of esters is 1. The first-order valence-corrected chi connectivity index (χ1v) is 9.64. The first-order valence-electron chi connectivity index (χ1n) is 8.20. The van der Waals surface area contributed by atoms with E-state index in [4.69, 9.17) is 0 Å². The van der Waals surface area contributed by atoms with Gasteiger partial charge in [0.1, 0.15) is 11.6 Å². The van der Waals surface area contributed by atoms with Crippen molar-refractivity contribution >= 4 is 28.4 Å². The number of methoxy groups -OCH3 is 1. The van der Waals surface area contributed by atoms with Gasteiger partial charge in [-0.15, -0.1) is 12.4 Å². The lowest BCUT2D eigenvalue weighted by molar-refractivity contribution is 0.0596. The van der Waals surface area contributed by atoms with Gasteiger partial charge in [-0.05, 0) is 35.9 Å². The van der Waals surface area contributed by atoms with Crippen LogP contribution in [0.25, 0.3) is 0 Å². The average molecular weight is 433 g/mol. The van der Waals surface area contributed by atoms with E-state index in [1.807, 2.05) is 0 Å². The summed E-state index contributed by atoms with van der Waals surface area (Å²) >= 11 is 0. The number of carbonyl (C=O) groups is 1. The highest BCUT2D eigenvalue weighted by Crippen LogP contribution is 2.31. The number of hydrogen-bond acceptors (Lipinski definition) is 5. The Hall–Kier alpha value is -2.07. The molecule has 10 heteroatoms. The summed E-state index contributed by atoms with van der Waals surface area (Å²) in [7, 11) is -3.14. The second kappa shape index (κ2) is 8.95. The van der Waals surface area contributed by atoms with Crippen LogP contribution in [0.15, 0.2) is 47.4 Å². The van der Waals surface area contributed by atoms with Crippen molar-refractivity contribution in [2.24, 2.45) is 0 Å². The summed E-state index contributed by atoms with van der Waals surface area (Å²) in [6.45, 7) is 0.708. The maximum atomic E-state index is 13.8. The molecule has 1 unspecified atom stereocenters. The molecule has 1 N–H and O–H groups in total. The number of benzene rings is 2. The van der Waals surface area contributed by atoms with Crippen molar-refractivity contribution in [1.29, 1.82) is 0 Å². The normalized spacial score (nSPS) is 17.6. The van der Waals surface area contributed by atoms with Gasteiger partial charge >= 0.3 is 5.97 Å². The van der Waals surface area contributed by atoms with Crippen LogP contribution in [0.2, 0.25) is 0 Å². The molecule has 2 aromatic carbocycles. The third kappa shape index (κ3) is 4.33. The van der Waals surface area contributed by atoms with E-state index in [2.05, 4.69) is 10.1 Å². The van der Waals surface area contributed by atoms with Crippen molar-refractivity contribution < 1.29 is 26.7 Å². The Morgan fingerprint density at radius 2 is 1.89 bits per heavy atom. The van der Waals surface area contributed by atoms with Crippen molar-refractivity contribution in [3.8, 4) is 0 Å². The molecule has 0 aromatic heterocycles. The van der Waals surface area contributed by atoms with E-state index in [-0.39, 0.29) is 31.1 Å². The second-order valence-corrected chi connectivity index (χ2v) is 7.88. The zero-order valence-electron chi connectivity index (χ0n) is 14.9. The molecule has 1 aliphatic rings. The first-order chi connectivity index (χ1) is 12.8. The lowest BCUT2D eigenvalue weighted by Gasteiger charge is -2.35. The molecular formula is C18H19ClF2N2O4S. The quantitative estimate of drug-likeness (QED) is 0.751. The fourth-order valence-corrected chi connectivity index (χ4v) is 4.89. The Morgan fingerprint density at radius 3 is 2.57 bits per heavy atom. The number of rotatable bonds is 4. The average Bonchev–Trinajstić information content (AvgIpc) is 2.67. The lowest BCUT2D eigenvalue weighted by Crippen LogP contribution is -2.48. The standard InChI is InChI=1S/C18H18F2N2O4S.ClH/c1-26-18(23)15-6-5-14(20)10-17(15)27(24,25)22-8-7-21-11-16(22)12-3-2-4-13(19)9-12;/h2-6,9-10,16,21H,7-8,11H2,1H3;1H. The van der Waals surface area contributed by atoms with Gasteiger partial charge in [-0.25, -0.2) is 22.0 Å². The SMILES string of the molecule is COC(=O)c1ccc(F)cc1S(=O)(=O)N1CCNCC1c1cccc(F)c1.Cl. The maximum absolute atomic E-state index is 13.8. The molecule has 152 valence electrons. The van der Waals surface area contributed by atoms with Gasteiger partial charge in [0.2, 0.25) is 10.0 Å². The van der Waals surface area contributed by atoms with Crippen LogP contribution in [0, 0.1) is 11.6 Å². The number of hydrogen-bond donors (Lipinski definition) is 1. The molecule has 1 fully saturated rings. The fraction of sp³-hybridized carbons (Fsp3) is 0.278. The molecule has 1 atom stereocenters. The van der Waals surface area contributed by atoms with Gasteiger partial charge < -0.3 is 10.1 Å².